The highest BCUT2D eigenvalue weighted by molar-refractivity contribution is 6.37. The van der Waals surface area contributed by atoms with Gasteiger partial charge < -0.3 is 8.83 Å². The molecule has 5 nitrogen and oxygen atoms in total. The molecule has 0 spiro atoms. The maximum atomic E-state index is 6.33. The molecule has 0 fully saturated rings. The number of rotatable bonds is 2. The zero-order chi connectivity index (χ0) is 19.3. The van der Waals surface area contributed by atoms with Crippen LogP contribution < -0.4 is 0 Å². The highest BCUT2D eigenvalue weighted by Crippen LogP contribution is 2.36. The lowest BCUT2D eigenvalue weighted by atomic mass is 9.93. The van der Waals surface area contributed by atoms with Crippen molar-refractivity contribution >= 4 is 23.2 Å². The van der Waals surface area contributed by atoms with Gasteiger partial charge in [-0.05, 0) is 6.07 Å². The van der Waals surface area contributed by atoms with E-state index >= 15 is 0 Å². The maximum Gasteiger partial charge on any atom is 0.246 e. The van der Waals surface area contributed by atoms with Crippen molar-refractivity contribution in [1.29, 1.82) is 0 Å². The molecule has 0 atom stereocenters. The Kier molecular flexibility index (Phi) is 4.65. The molecule has 0 N–H and O–H groups in total. The van der Waals surface area contributed by atoms with E-state index in [1.54, 1.807) is 18.6 Å². The van der Waals surface area contributed by atoms with Crippen LogP contribution in [0.3, 0.4) is 0 Å². The van der Waals surface area contributed by atoms with E-state index in [4.69, 9.17) is 32.0 Å². The van der Waals surface area contributed by atoms with Crippen molar-refractivity contribution in [3.63, 3.8) is 0 Å². The smallest absolute Gasteiger partial charge is 0.246 e. The second-order valence-corrected chi connectivity index (χ2v) is 9.04. The van der Waals surface area contributed by atoms with Crippen molar-refractivity contribution in [3.8, 4) is 23.2 Å². The van der Waals surface area contributed by atoms with Crippen LogP contribution in [0.1, 0.15) is 52.9 Å². The van der Waals surface area contributed by atoms with Gasteiger partial charge in [0, 0.05) is 10.8 Å². The summed E-state index contributed by atoms with van der Waals surface area (Å²) in [5.41, 5.74) is 2.14. The maximum absolute atomic E-state index is 6.33. The lowest BCUT2D eigenvalue weighted by molar-refractivity contribution is 0.542. The Hall–Kier alpha value is -1.85. The quantitative estimate of drug-likeness (QED) is 0.511. The third-order valence-corrected chi connectivity index (χ3v) is 4.46. The van der Waals surface area contributed by atoms with Crippen LogP contribution in [0, 0.1) is 0 Å². The first-order valence-electron chi connectivity index (χ1n) is 8.25. The number of hydrogen-bond donors (Lipinski definition) is 0. The van der Waals surface area contributed by atoms with Gasteiger partial charge in [0.2, 0.25) is 11.8 Å². The van der Waals surface area contributed by atoms with Crippen LogP contribution in [-0.4, -0.2) is 15.0 Å². The van der Waals surface area contributed by atoms with E-state index in [-0.39, 0.29) is 10.8 Å². The lowest BCUT2D eigenvalue weighted by Gasteiger charge is -2.13. The lowest BCUT2D eigenvalue weighted by Crippen LogP contribution is -2.11. The molecule has 26 heavy (non-hydrogen) atoms. The minimum atomic E-state index is -0.145. The van der Waals surface area contributed by atoms with Gasteiger partial charge in [0.25, 0.3) is 0 Å². The van der Waals surface area contributed by atoms with Gasteiger partial charge in [0.05, 0.1) is 21.4 Å². The predicted molar refractivity (Wildman–Crippen MR) is 103 cm³/mol. The molecule has 3 heterocycles. The van der Waals surface area contributed by atoms with E-state index in [0.717, 1.165) is 11.4 Å². The molecule has 0 saturated heterocycles. The molecule has 0 amide bonds. The predicted octanol–water partition coefficient (Wildman–Crippen LogP) is 6.29. The molecule has 3 rings (SSSR count). The largest absolute Gasteiger partial charge is 0.443 e. The minimum Gasteiger partial charge on any atom is -0.443 e. The Morgan fingerprint density at radius 1 is 0.692 bits per heavy atom. The molecule has 0 bridgehead atoms. The van der Waals surface area contributed by atoms with E-state index in [0.29, 0.717) is 33.2 Å². The van der Waals surface area contributed by atoms with Gasteiger partial charge in [-0.3, -0.25) is 0 Å². The molecular formula is C19H21Cl2N3O2. The molecule has 3 aromatic rings. The van der Waals surface area contributed by atoms with Gasteiger partial charge in [0.15, 0.2) is 0 Å². The molecule has 0 aliphatic carbocycles. The Bertz CT molecular complexity index is 873. The summed E-state index contributed by atoms with van der Waals surface area (Å²) in [6.07, 6.45) is 3.23. The van der Waals surface area contributed by atoms with E-state index in [1.807, 2.05) is 0 Å². The summed E-state index contributed by atoms with van der Waals surface area (Å²) in [6, 6.07) is 1.60. The second kappa shape index (κ2) is 6.39. The number of nitrogens with zero attached hydrogens (tertiary/aromatic N) is 3. The van der Waals surface area contributed by atoms with Crippen molar-refractivity contribution in [3.05, 3.63) is 40.0 Å². The number of aromatic nitrogens is 3. The van der Waals surface area contributed by atoms with E-state index in [9.17, 15) is 0 Å². The van der Waals surface area contributed by atoms with Crippen molar-refractivity contribution in [2.24, 2.45) is 0 Å². The van der Waals surface area contributed by atoms with Crippen molar-refractivity contribution in [2.75, 3.05) is 0 Å². The van der Waals surface area contributed by atoms with E-state index < -0.39 is 0 Å². The molecule has 3 aromatic heterocycles. The molecule has 138 valence electrons. The average molecular weight is 394 g/mol. The standard InChI is InChI=1S/C19H21Cl2N3O2/c1-18(2,3)12-8-25-16(22-12)14-10(20)7-11(21)15(24-14)17-23-13(9-26-17)19(4,5)6/h7-9H,1-6H3. The van der Waals surface area contributed by atoms with E-state index in [1.165, 1.54) is 0 Å². The summed E-state index contributed by atoms with van der Waals surface area (Å²) in [7, 11) is 0. The van der Waals surface area contributed by atoms with E-state index in [2.05, 4.69) is 56.5 Å². The SMILES string of the molecule is CC(C)(C)c1coc(-c2nc(-c3nc(C(C)(C)C)co3)c(Cl)cc2Cl)n1. The van der Waals surface area contributed by atoms with Crippen LogP contribution in [0.4, 0.5) is 0 Å². The summed E-state index contributed by atoms with van der Waals surface area (Å²) in [4.78, 5) is 13.6. The fourth-order valence-electron chi connectivity index (χ4n) is 2.22. The first-order chi connectivity index (χ1) is 12.0. The number of hydrogen-bond acceptors (Lipinski definition) is 5. The highest BCUT2D eigenvalue weighted by Gasteiger charge is 2.25. The van der Waals surface area contributed by atoms with Crippen LogP contribution in [0.5, 0.6) is 0 Å². The summed E-state index contributed by atoms with van der Waals surface area (Å²) in [6.45, 7) is 12.3. The average Bonchev–Trinajstić information content (AvgIpc) is 3.15. The van der Waals surface area contributed by atoms with Gasteiger partial charge in [-0.2, -0.15) is 0 Å². The summed E-state index contributed by atoms with van der Waals surface area (Å²) >= 11 is 12.7. The minimum absolute atomic E-state index is 0.145. The molecular weight excluding hydrogens is 373 g/mol. The van der Waals surface area contributed by atoms with Crippen LogP contribution in [0.2, 0.25) is 10.0 Å². The number of pyridine rings is 1. The van der Waals surface area contributed by atoms with Crippen LogP contribution in [0.15, 0.2) is 27.4 Å². The van der Waals surface area contributed by atoms with Crippen molar-refractivity contribution in [1.82, 2.24) is 15.0 Å². The molecule has 0 unspecified atom stereocenters. The van der Waals surface area contributed by atoms with Crippen LogP contribution in [-0.2, 0) is 10.8 Å². The Labute approximate surface area is 162 Å². The Balaban J connectivity index is 2.08. The fraction of sp³-hybridized carbons (Fsp3) is 0.421. The molecule has 7 heteroatoms. The molecule has 0 radical (unpaired) electrons. The zero-order valence-electron chi connectivity index (χ0n) is 15.6. The van der Waals surface area contributed by atoms with Crippen LogP contribution in [0.25, 0.3) is 23.2 Å². The number of oxazole rings is 2. The topological polar surface area (TPSA) is 65.0 Å². The molecule has 0 aliphatic rings. The molecule has 0 saturated carbocycles. The number of halogens is 2. The van der Waals surface area contributed by atoms with Gasteiger partial charge >= 0.3 is 0 Å². The molecule has 0 aliphatic heterocycles. The summed E-state index contributed by atoms with van der Waals surface area (Å²) in [5, 5.41) is 0.701. The molecule has 0 aromatic carbocycles. The first-order valence-corrected chi connectivity index (χ1v) is 9.01. The van der Waals surface area contributed by atoms with Crippen LogP contribution >= 0.6 is 23.2 Å². The Morgan fingerprint density at radius 3 is 1.38 bits per heavy atom. The summed E-state index contributed by atoms with van der Waals surface area (Å²) < 4.78 is 11.2. The fourth-order valence-corrected chi connectivity index (χ4v) is 2.74. The normalized spacial score (nSPS) is 12.6. The zero-order valence-corrected chi connectivity index (χ0v) is 17.2. The van der Waals surface area contributed by atoms with Gasteiger partial charge in [0.1, 0.15) is 23.9 Å². The summed E-state index contributed by atoms with van der Waals surface area (Å²) in [5.74, 6) is 0.667. The third kappa shape index (κ3) is 3.64. The van der Waals surface area contributed by atoms with Gasteiger partial charge in [-0.1, -0.05) is 64.7 Å². The first kappa shape index (κ1) is 18.9. The Morgan fingerprint density at radius 2 is 1.08 bits per heavy atom. The second-order valence-electron chi connectivity index (χ2n) is 8.23. The van der Waals surface area contributed by atoms with Gasteiger partial charge in [-0.15, -0.1) is 0 Å². The third-order valence-electron chi connectivity index (χ3n) is 3.88. The monoisotopic (exact) mass is 393 g/mol. The van der Waals surface area contributed by atoms with Crippen molar-refractivity contribution < 1.29 is 8.83 Å². The van der Waals surface area contributed by atoms with Gasteiger partial charge in [-0.25, -0.2) is 15.0 Å². The highest BCUT2D eigenvalue weighted by atomic mass is 35.5. The van der Waals surface area contributed by atoms with Crippen molar-refractivity contribution in [2.45, 2.75) is 52.4 Å².